The van der Waals surface area contributed by atoms with Crippen LogP contribution in [0.2, 0.25) is 0 Å². The van der Waals surface area contributed by atoms with Crippen molar-refractivity contribution in [3.63, 3.8) is 0 Å². The molecule has 0 radical (unpaired) electrons. The zero-order chi connectivity index (χ0) is 15.0. The van der Waals surface area contributed by atoms with Gasteiger partial charge < -0.3 is 14.7 Å². The van der Waals surface area contributed by atoms with Crippen LogP contribution in [0.1, 0.15) is 16.8 Å². The van der Waals surface area contributed by atoms with E-state index in [2.05, 4.69) is 16.0 Å². The van der Waals surface area contributed by atoms with Gasteiger partial charge in [0.15, 0.2) is 0 Å². The molecule has 1 aromatic heterocycles. The number of phenols is 1. The van der Waals surface area contributed by atoms with E-state index in [-0.39, 0.29) is 5.75 Å². The van der Waals surface area contributed by atoms with Crippen molar-refractivity contribution in [1.82, 2.24) is 4.98 Å². The summed E-state index contributed by atoms with van der Waals surface area (Å²) in [6.45, 7) is 6.54. The number of fused-ring (bicyclic) bond motifs is 1. The summed E-state index contributed by atoms with van der Waals surface area (Å²) >= 11 is 0. The van der Waals surface area contributed by atoms with E-state index in [0.29, 0.717) is 24.2 Å². The number of ether oxygens (including phenoxy) is 1. The molecule has 2 heterocycles. The Bertz CT molecular complexity index is 743. The van der Waals surface area contributed by atoms with Crippen LogP contribution in [0.4, 0.5) is 5.82 Å². The lowest BCUT2D eigenvalue weighted by Crippen LogP contribution is -2.37. The van der Waals surface area contributed by atoms with E-state index in [1.54, 1.807) is 0 Å². The largest absolute Gasteiger partial charge is 0.506 e. The molecule has 0 unspecified atom stereocenters. The first-order chi connectivity index (χ1) is 10.1. The van der Waals surface area contributed by atoms with Crippen molar-refractivity contribution in [2.45, 2.75) is 13.8 Å². The summed E-state index contributed by atoms with van der Waals surface area (Å²) in [7, 11) is 0. The molecule has 1 saturated heterocycles. The van der Waals surface area contributed by atoms with Crippen LogP contribution in [0.15, 0.2) is 12.1 Å². The Hall–Kier alpha value is -2.32. The van der Waals surface area contributed by atoms with Crippen molar-refractivity contribution in [2.75, 3.05) is 31.2 Å². The van der Waals surface area contributed by atoms with E-state index in [0.717, 1.165) is 35.6 Å². The van der Waals surface area contributed by atoms with Gasteiger partial charge in [-0.1, -0.05) is 0 Å². The maximum absolute atomic E-state index is 10.5. The number of hydrogen-bond donors (Lipinski definition) is 1. The molecule has 5 nitrogen and oxygen atoms in total. The fourth-order valence-corrected chi connectivity index (χ4v) is 2.80. The first-order valence-corrected chi connectivity index (χ1v) is 6.98. The van der Waals surface area contributed by atoms with Crippen molar-refractivity contribution < 1.29 is 9.84 Å². The zero-order valence-electron chi connectivity index (χ0n) is 12.2. The standard InChI is InChI=1S/C16H17N3O2/c1-10-7-12-8-11(2)18-16(19-3-5-21-6-4-19)14(12)15(20)13(10)9-17/h7-8,20H,3-6H2,1-2H3. The molecule has 0 spiro atoms. The molecule has 2 aromatic rings. The number of aromatic nitrogens is 1. The lowest BCUT2D eigenvalue weighted by Gasteiger charge is -2.29. The highest BCUT2D eigenvalue weighted by molar-refractivity contribution is 5.99. The fraction of sp³-hybridized carbons (Fsp3) is 0.375. The first-order valence-electron chi connectivity index (χ1n) is 6.98. The minimum absolute atomic E-state index is 0.0292. The number of nitriles is 1. The molecule has 1 fully saturated rings. The second-order valence-electron chi connectivity index (χ2n) is 5.31. The van der Waals surface area contributed by atoms with Crippen LogP contribution in [-0.4, -0.2) is 36.4 Å². The fourth-order valence-electron chi connectivity index (χ4n) is 2.80. The Morgan fingerprint density at radius 2 is 2.00 bits per heavy atom. The third-order valence-corrected chi connectivity index (χ3v) is 3.82. The van der Waals surface area contributed by atoms with Crippen molar-refractivity contribution in [3.8, 4) is 11.8 Å². The van der Waals surface area contributed by atoms with Crippen LogP contribution in [0.5, 0.6) is 5.75 Å². The third-order valence-electron chi connectivity index (χ3n) is 3.82. The molecule has 1 aliphatic heterocycles. The molecule has 0 aliphatic carbocycles. The first kappa shape index (κ1) is 13.7. The highest BCUT2D eigenvalue weighted by Gasteiger charge is 2.20. The lowest BCUT2D eigenvalue weighted by molar-refractivity contribution is 0.122. The minimum Gasteiger partial charge on any atom is -0.506 e. The molecule has 0 amide bonds. The van der Waals surface area contributed by atoms with Gasteiger partial charge in [0.25, 0.3) is 0 Å². The van der Waals surface area contributed by atoms with Gasteiger partial charge in [0.05, 0.1) is 24.2 Å². The van der Waals surface area contributed by atoms with E-state index in [1.807, 2.05) is 26.0 Å². The highest BCUT2D eigenvalue weighted by atomic mass is 16.5. The van der Waals surface area contributed by atoms with Gasteiger partial charge in [0.2, 0.25) is 0 Å². The lowest BCUT2D eigenvalue weighted by atomic mass is 10.0. The third kappa shape index (κ3) is 2.28. The Labute approximate surface area is 123 Å². The topological polar surface area (TPSA) is 69.4 Å². The van der Waals surface area contributed by atoms with Gasteiger partial charge in [0, 0.05) is 18.8 Å². The molecule has 0 saturated carbocycles. The van der Waals surface area contributed by atoms with Gasteiger partial charge in [0.1, 0.15) is 17.6 Å². The summed E-state index contributed by atoms with van der Waals surface area (Å²) in [4.78, 5) is 6.70. The van der Waals surface area contributed by atoms with Crippen LogP contribution >= 0.6 is 0 Å². The van der Waals surface area contributed by atoms with E-state index in [9.17, 15) is 10.4 Å². The van der Waals surface area contributed by atoms with Gasteiger partial charge in [-0.15, -0.1) is 0 Å². The number of anilines is 1. The van der Waals surface area contributed by atoms with Crippen LogP contribution in [0.25, 0.3) is 10.8 Å². The predicted octanol–water partition coefficient (Wildman–Crippen LogP) is 2.27. The van der Waals surface area contributed by atoms with E-state index < -0.39 is 0 Å². The second-order valence-corrected chi connectivity index (χ2v) is 5.31. The maximum Gasteiger partial charge on any atom is 0.145 e. The average Bonchev–Trinajstić information content (AvgIpc) is 2.47. The monoisotopic (exact) mass is 283 g/mol. The predicted molar refractivity (Wildman–Crippen MR) is 80.6 cm³/mol. The summed E-state index contributed by atoms with van der Waals surface area (Å²) in [5.41, 5.74) is 2.00. The Morgan fingerprint density at radius 1 is 1.29 bits per heavy atom. The molecule has 3 rings (SSSR count). The summed E-state index contributed by atoms with van der Waals surface area (Å²) in [5, 5.41) is 21.3. The van der Waals surface area contributed by atoms with Crippen LogP contribution in [-0.2, 0) is 4.74 Å². The van der Waals surface area contributed by atoms with E-state index >= 15 is 0 Å². The van der Waals surface area contributed by atoms with Gasteiger partial charge in [-0.05, 0) is 36.9 Å². The summed E-state index contributed by atoms with van der Waals surface area (Å²) in [6, 6.07) is 5.95. The summed E-state index contributed by atoms with van der Waals surface area (Å²) in [5.74, 6) is 0.767. The molecule has 0 bridgehead atoms. The van der Waals surface area contributed by atoms with Crippen molar-refractivity contribution in [2.24, 2.45) is 0 Å². The Kier molecular flexibility index (Phi) is 3.40. The molecule has 108 valence electrons. The highest BCUT2D eigenvalue weighted by Crippen LogP contribution is 2.37. The number of pyridine rings is 1. The molecule has 1 aromatic carbocycles. The van der Waals surface area contributed by atoms with E-state index in [1.165, 1.54) is 0 Å². The average molecular weight is 283 g/mol. The molecular formula is C16H17N3O2. The number of aromatic hydroxyl groups is 1. The minimum atomic E-state index is 0.0292. The number of rotatable bonds is 1. The number of aryl methyl sites for hydroxylation is 2. The van der Waals surface area contributed by atoms with Gasteiger partial charge in [-0.2, -0.15) is 5.26 Å². The van der Waals surface area contributed by atoms with Crippen LogP contribution < -0.4 is 4.90 Å². The number of phenolic OH excluding ortho intramolecular Hbond substituents is 1. The molecule has 0 atom stereocenters. The van der Waals surface area contributed by atoms with Crippen LogP contribution in [0, 0.1) is 25.2 Å². The number of hydrogen-bond acceptors (Lipinski definition) is 5. The molecular weight excluding hydrogens is 266 g/mol. The van der Waals surface area contributed by atoms with Gasteiger partial charge in [-0.3, -0.25) is 0 Å². The number of benzene rings is 1. The Morgan fingerprint density at radius 3 is 2.67 bits per heavy atom. The smallest absolute Gasteiger partial charge is 0.145 e. The van der Waals surface area contributed by atoms with Crippen molar-refractivity contribution in [1.29, 1.82) is 5.26 Å². The summed E-state index contributed by atoms with van der Waals surface area (Å²) in [6.07, 6.45) is 0. The van der Waals surface area contributed by atoms with Gasteiger partial charge in [-0.25, -0.2) is 4.98 Å². The molecule has 21 heavy (non-hydrogen) atoms. The normalized spacial score (nSPS) is 15.2. The molecule has 5 heteroatoms. The summed E-state index contributed by atoms with van der Waals surface area (Å²) < 4.78 is 5.37. The van der Waals surface area contributed by atoms with Gasteiger partial charge >= 0.3 is 0 Å². The SMILES string of the molecule is Cc1cc2cc(C)c(C#N)c(O)c2c(N2CCOCC2)n1. The quantitative estimate of drug-likeness (QED) is 0.869. The maximum atomic E-state index is 10.5. The molecule has 1 N–H and O–H groups in total. The van der Waals surface area contributed by atoms with Crippen molar-refractivity contribution >= 4 is 16.6 Å². The number of nitrogens with zero attached hydrogens (tertiary/aromatic N) is 3. The Balaban J connectivity index is 2.30. The second kappa shape index (κ2) is 5.23. The van der Waals surface area contributed by atoms with Crippen molar-refractivity contribution in [3.05, 3.63) is 29.0 Å². The molecule has 1 aliphatic rings. The zero-order valence-corrected chi connectivity index (χ0v) is 12.2. The van der Waals surface area contributed by atoms with Crippen LogP contribution in [0.3, 0.4) is 0 Å². The number of morpholine rings is 1. The van der Waals surface area contributed by atoms with E-state index in [4.69, 9.17) is 4.74 Å².